The molecule has 2 rings (SSSR count). The number of aliphatic hydroxyl groups is 1. The van der Waals surface area contributed by atoms with Crippen LogP contribution in [0.1, 0.15) is 44.0 Å². The van der Waals surface area contributed by atoms with Gasteiger partial charge in [-0.15, -0.1) is 0 Å². The molecule has 1 aromatic rings. The van der Waals surface area contributed by atoms with Crippen molar-refractivity contribution in [1.82, 2.24) is 15.3 Å². The molecule has 0 bridgehead atoms. The van der Waals surface area contributed by atoms with Gasteiger partial charge in [0.05, 0.1) is 5.69 Å². The number of anilines is 1. The Morgan fingerprint density at radius 1 is 1.29 bits per heavy atom. The van der Waals surface area contributed by atoms with Gasteiger partial charge in [-0.05, 0) is 51.1 Å². The van der Waals surface area contributed by atoms with E-state index in [9.17, 15) is 0 Å². The average molecular weight is 292 g/mol. The van der Waals surface area contributed by atoms with Crippen molar-refractivity contribution < 1.29 is 5.11 Å². The number of piperidine rings is 1. The van der Waals surface area contributed by atoms with Crippen LogP contribution in [-0.4, -0.2) is 41.3 Å². The minimum Gasteiger partial charge on any atom is -0.396 e. The van der Waals surface area contributed by atoms with Crippen molar-refractivity contribution in [2.24, 2.45) is 5.92 Å². The Hall–Kier alpha value is -1.20. The lowest BCUT2D eigenvalue weighted by Crippen LogP contribution is -2.31. The molecule has 1 aliphatic rings. The van der Waals surface area contributed by atoms with Gasteiger partial charge in [-0.3, -0.25) is 0 Å². The van der Waals surface area contributed by atoms with Gasteiger partial charge in [0, 0.05) is 31.9 Å². The number of nitrogens with zero attached hydrogens (tertiary/aromatic N) is 3. The summed E-state index contributed by atoms with van der Waals surface area (Å²) in [5.74, 6) is 1.37. The van der Waals surface area contributed by atoms with Gasteiger partial charge >= 0.3 is 0 Å². The second-order valence-electron chi connectivity index (χ2n) is 6.10. The summed E-state index contributed by atoms with van der Waals surface area (Å²) in [5.41, 5.74) is 2.09. The molecule has 1 aliphatic heterocycles. The summed E-state index contributed by atoms with van der Waals surface area (Å²) in [6, 6.07) is 2.05. The van der Waals surface area contributed by atoms with Crippen LogP contribution >= 0.6 is 0 Å². The molecular formula is C16H28N4O. The first-order valence-corrected chi connectivity index (χ1v) is 8.10. The van der Waals surface area contributed by atoms with Crippen molar-refractivity contribution in [2.45, 2.75) is 46.1 Å². The van der Waals surface area contributed by atoms with Crippen LogP contribution in [0.4, 0.5) is 5.95 Å². The standard InChI is InChI=1S/C16H28N4O/c1-13(6-9-21)11-17-12-15-10-14(2)18-16(19-15)20-7-4-3-5-8-20/h10,13,17,21H,3-9,11-12H2,1-2H3. The monoisotopic (exact) mass is 292 g/mol. The topological polar surface area (TPSA) is 61.3 Å². The van der Waals surface area contributed by atoms with Crippen LogP contribution in [0.25, 0.3) is 0 Å². The van der Waals surface area contributed by atoms with Gasteiger partial charge in [0.25, 0.3) is 0 Å². The van der Waals surface area contributed by atoms with Gasteiger partial charge in [-0.1, -0.05) is 6.92 Å². The molecule has 1 unspecified atom stereocenters. The van der Waals surface area contributed by atoms with Crippen LogP contribution in [-0.2, 0) is 6.54 Å². The highest BCUT2D eigenvalue weighted by atomic mass is 16.3. The fraction of sp³-hybridized carbons (Fsp3) is 0.750. The van der Waals surface area contributed by atoms with Crippen LogP contribution in [0.5, 0.6) is 0 Å². The molecule has 0 radical (unpaired) electrons. The van der Waals surface area contributed by atoms with Crippen LogP contribution in [0.2, 0.25) is 0 Å². The molecule has 0 amide bonds. The Bertz CT molecular complexity index is 432. The van der Waals surface area contributed by atoms with Crippen LogP contribution < -0.4 is 10.2 Å². The normalized spacial score (nSPS) is 17.0. The van der Waals surface area contributed by atoms with E-state index >= 15 is 0 Å². The molecule has 0 spiro atoms. The molecule has 0 aromatic carbocycles. The fourth-order valence-corrected chi connectivity index (χ4v) is 2.71. The smallest absolute Gasteiger partial charge is 0.225 e. The van der Waals surface area contributed by atoms with Crippen molar-refractivity contribution in [3.8, 4) is 0 Å². The van der Waals surface area contributed by atoms with Gasteiger partial charge in [-0.25, -0.2) is 9.97 Å². The number of nitrogens with one attached hydrogen (secondary N) is 1. The summed E-state index contributed by atoms with van der Waals surface area (Å²) < 4.78 is 0. The number of aromatic nitrogens is 2. The van der Waals surface area contributed by atoms with E-state index in [1.54, 1.807) is 0 Å². The van der Waals surface area contributed by atoms with E-state index in [2.05, 4.69) is 28.2 Å². The lowest BCUT2D eigenvalue weighted by atomic mass is 10.1. The first-order chi connectivity index (χ1) is 10.2. The summed E-state index contributed by atoms with van der Waals surface area (Å²) in [6.45, 7) is 8.26. The molecule has 1 fully saturated rings. The summed E-state index contributed by atoms with van der Waals surface area (Å²) in [4.78, 5) is 11.6. The van der Waals surface area contributed by atoms with Crippen molar-refractivity contribution in [1.29, 1.82) is 0 Å². The Balaban J connectivity index is 1.91. The minimum atomic E-state index is 0.259. The second kappa shape index (κ2) is 8.29. The molecule has 2 N–H and O–H groups in total. The lowest BCUT2D eigenvalue weighted by Gasteiger charge is -2.27. The lowest BCUT2D eigenvalue weighted by molar-refractivity contribution is 0.260. The minimum absolute atomic E-state index is 0.259. The van der Waals surface area contributed by atoms with Gasteiger partial charge in [0.15, 0.2) is 0 Å². The molecule has 1 saturated heterocycles. The second-order valence-corrected chi connectivity index (χ2v) is 6.10. The van der Waals surface area contributed by atoms with E-state index in [-0.39, 0.29) is 6.61 Å². The zero-order valence-corrected chi connectivity index (χ0v) is 13.3. The van der Waals surface area contributed by atoms with Crippen LogP contribution in [0, 0.1) is 12.8 Å². The Morgan fingerprint density at radius 3 is 2.76 bits per heavy atom. The predicted octanol–water partition coefficient (Wildman–Crippen LogP) is 1.88. The highest BCUT2D eigenvalue weighted by Gasteiger charge is 2.14. The van der Waals surface area contributed by atoms with Gasteiger partial charge in [-0.2, -0.15) is 0 Å². The predicted molar refractivity (Wildman–Crippen MR) is 85.4 cm³/mol. The molecule has 0 saturated carbocycles. The Kier molecular flexibility index (Phi) is 6.39. The van der Waals surface area contributed by atoms with Crippen LogP contribution in [0.15, 0.2) is 6.07 Å². The number of rotatable bonds is 7. The zero-order chi connectivity index (χ0) is 15.1. The third-order valence-corrected chi connectivity index (χ3v) is 3.96. The van der Waals surface area contributed by atoms with Crippen molar-refractivity contribution in [3.05, 3.63) is 17.5 Å². The highest BCUT2D eigenvalue weighted by molar-refractivity contribution is 5.32. The first kappa shape index (κ1) is 16.2. The SMILES string of the molecule is Cc1cc(CNCC(C)CCO)nc(N2CCCCC2)n1. The quantitative estimate of drug-likeness (QED) is 0.803. The summed E-state index contributed by atoms with van der Waals surface area (Å²) in [5, 5.41) is 12.3. The summed E-state index contributed by atoms with van der Waals surface area (Å²) >= 11 is 0. The van der Waals surface area contributed by atoms with E-state index < -0.39 is 0 Å². The van der Waals surface area contributed by atoms with Gasteiger partial charge < -0.3 is 15.3 Å². The number of hydrogen-bond donors (Lipinski definition) is 2. The van der Waals surface area contributed by atoms with Crippen LogP contribution in [0.3, 0.4) is 0 Å². The van der Waals surface area contributed by atoms with E-state index in [0.717, 1.165) is 49.9 Å². The van der Waals surface area contributed by atoms with Crippen molar-refractivity contribution >= 4 is 5.95 Å². The average Bonchev–Trinajstić information content (AvgIpc) is 2.48. The Labute approximate surface area is 127 Å². The molecule has 5 nitrogen and oxygen atoms in total. The third kappa shape index (κ3) is 5.25. The third-order valence-electron chi connectivity index (χ3n) is 3.96. The highest BCUT2D eigenvalue weighted by Crippen LogP contribution is 2.16. The number of hydrogen-bond acceptors (Lipinski definition) is 5. The van der Waals surface area contributed by atoms with E-state index in [1.807, 2.05) is 6.92 Å². The number of aliphatic hydroxyl groups excluding tert-OH is 1. The molecule has 118 valence electrons. The molecule has 0 aliphatic carbocycles. The molecule has 1 aromatic heterocycles. The zero-order valence-electron chi connectivity index (χ0n) is 13.3. The molecule has 1 atom stereocenters. The van der Waals surface area contributed by atoms with Crippen molar-refractivity contribution in [2.75, 3.05) is 31.1 Å². The molecule has 21 heavy (non-hydrogen) atoms. The molecular weight excluding hydrogens is 264 g/mol. The van der Waals surface area contributed by atoms with Gasteiger partial charge in [0.1, 0.15) is 0 Å². The van der Waals surface area contributed by atoms with Gasteiger partial charge in [0.2, 0.25) is 5.95 Å². The summed E-state index contributed by atoms with van der Waals surface area (Å²) in [7, 11) is 0. The fourth-order valence-electron chi connectivity index (χ4n) is 2.71. The van der Waals surface area contributed by atoms with Crippen molar-refractivity contribution in [3.63, 3.8) is 0 Å². The maximum absolute atomic E-state index is 8.92. The Morgan fingerprint density at radius 2 is 2.05 bits per heavy atom. The largest absolute Gasteiger partial charge is 0.396 e. The molecule has 2 heterocycles. The molecule has 5 heteroatoms. The number of aryl methyl sites for hydroxylation is 1. The first-order valence-electron chi connectivity index (χ1n) is 8.10. The van der Waals surface area contributed by atoms with E-state index in [1.165, 1.54) is 19.3 Å². The van der Waals surface area contributed by atoms with E-state index in [4.69, 9.17) is 10.1 Å². The summed E-state index contributed by atoms with van der Waals surface area (Å²) in [6.07, 6.45) is 4.64. The maximum Gasteiger partial charge on any atom is 0.225 e. The van der Waals surface area contributed by atoms with E-state index in [0.29, 0.717) is 5.92 Å². The maximum atomic E-state index is 8.92.